The van der Waals surface area contributed by atoms with Gasteiger partial charge in [0.2, 0.25) is 0 Å². The van der Waals surface area contributed by atoms with Crippen LogP contribution in [0.2, 0.25) is 0 Å². The number of phenolic OH excluding ortho intramolecular Hbond substituents is 1. The van der Waals surface area contributed by atoms with Crippen LogP contribution in [0, 0.1) is 11.3 Å². The van der Waals surface area contributed by atoms with Crippen molar-refractivity contribution in [1.82, 2.24) is 19.4 Å². The van der Waals surface area contributed by atoms with Gasteiger partial charge in [0.15, 0.2) is 0 Å². The number of phenols is 1. The van der Waals surface area contributed by atoms with E-state index in [4.69, 9.17) is 5.26 Å². The predicted molar refractivity (Wildman–Crippen MR) is 90.0 cm³/mol. The second kappa shape index (κ2) is 5.69. The van der Waals surface area contributed by atoms with Gasteiger partial charge in [0, 0.05) is 23.5 Å². The van der Waals surface area contributed by atoms with Gasteiger partial charge in [0.1, 0.15) is 28.6 Å². The third kappa shape index (κ3) is 2.66. The number of aromatic nitrogens is 4. The van der Waals surface area contributed by atoms with Gasteiger partial charge in [0.25, 0.3) is 0 Å². The van der Waals surface area contributed by atoms with E-state index in [1.54, 1.807) is 35.3 Å². The summed E-state index contributed by atoms with van der Waals surface area (Å²) < 4.78 is 3.26. The first kappa shape index (κ1) is 14.8. The van der Waals surface area contributed by atoms with Gasteiger partial charge in [-0.1, -0.05) is 12.1 Å². The van der Waals surface area contributed by atoms with E-state index in [1.165, 1.54) is 10.7 Å². The predicted octanol–water partition coefficient (Wildman–Crippen LogP) is 2.53. The number of nitrogens with zero attached hydrogens (tertiary/aromatic N) is 5. The Balaban J connectivity index is 1.67. The molecule has 0 aliphatic rings. The molecule has 0 aliphatic heterocycles. The molecule has 0 bridgehead atoms. The fourth-order valence-corrected chi connectivity index (χ4v) is 2.73. The Bertz CT molecular complexity index is 1100. The molecule has 7 heteroatoms. The van der Waals surface area contributed by atoms with E-state index in [9.17, 15) is 10.2 Å². The zero-order chi connectivity index (χ0) is 17.4. The van der Waals surface area contributed by atoms with Crippen LogP contribution >= 0.6 is 0 Å². The third-order valence-electron chi connectivity index (χ3n) is 3.96. The van der Waals surface area contributed by atoms with E-state index in [0.717, 1.165) is 16.7 Å². The highest BCUT2D eigenvalue weighted by Gasteiger charge is 2.12. The first-order valence-electron chi connectivity index (χ1n) is 7.55. The second-order valence-electron chi connectivity index (χ2n) is 5.67. The van der Waals surface area contributed by atoms with Crippen molar-refractivity contribution in [2.45, 2.75) is 6.54 Å². The topological polar surface area (TPSA) is 99.4 Å². The summed E-state index contributed by atoms with van der Waals surface area (Å²) in [6.45, 7) is 0.564. The monoisotopic (exact) mass is 331 g/mol. The number of hydrogen-bond acceptors (Lipinski definition) is 5. The molecule has 4 rings (SSSR count). The van der Waals surface area contributed by atoms with Gasteiger partial charge in [-0.2, -0.15) is 15.5 Å². The van der Waals surface area contributed by atoms with Crippen molar-refractivity contribution in [3.8, 4) is 28.7 Å². The van der Waals surface area contributed by atoms with Crippen molar-refractivity contribution in [3.63, 3.8) is 0 Å². The Hall–Kier alpha value is -3.79. The lowest BCUT2D eigenvalue weighted by atomic mass is 10.1. The van der Waals surface area contributed by atoms with Gasteiger partial charge in [-0.05, 0) is 23.8 Å². The molecular weight excluding hydrogens is 318 g/mol. The Morgan fingerprint density at radius 2 is 1.80 bits per heavy atom. The highest BCUT2D eigenvalue weighted by atomic mass is 16.3. The summed E-state index contributed by atoms with van der Waals surface area (Å²) in [5.74, 6) is 0.225. The van der Waals surface area contributed by atoms with E-state index in [0.29, 0.717) is 17.6 Å². The summed E-state index contributed by atoms with van der Waals surface area (Å²) in [6.07, 6.45) is 6.74. The van der Waals surface area contributed by atoms with Gasteiger partial charge in [-0.25, -0.2) is 4.52 Å². The summed E-state index contributed by atoms with van der Waals surface area (Å²) in [5, 5.41) is 37.0. The number of nitriles is 1. The first-order valence-corrected chi connectivity index (χ1v) is 7.55. The highest BCUT2D eigenvalue weighted by Crippen LogP contribution is 2.28. The minimum absolute atomic E-state index is 0.00201. The molecule has 3 heterocycles. The molecule has 0 atom stereocenters. The van der Waals surface area contributed by atoms with Gasteiger partial charge in [-0.3, -0.25) is 4.68 Å². The molecule has 3 aromatic heterocycles. The maximum Gasteiger partial charge on any atom is 0.143 e. The Morgan fingerprint density at radius 3 is 2.56 bits per heavy atom. The lowest BCUT2D eigenvalue weighted by Gasteiger charge is -2.03. The fraction of sp³-hybridized carbons (Fsp3) is 0.0556. The van der Waals surface area contributed by atoms with Crippen LogP contribution in [-0.4, -0.2) is 29.6 Å². The fourth-order valence-electron chi connectivity index (χ4n) is 2.73. The van der Waals surface area contributed by atoms with E-state index in [2.05, 4.69) is 10.2 Å². The lowest BCUT2D eigenvalue weighted by Crippen LogP contribution is -1.99. The van der Waals surface area contributed by atoms with Crippen LogP contribution in [0.3, 0.4) is 0 Å². The molecule has 122 valence electrons. The molecule has 25 heavy (non-hydrogen) atoms. The Kier molecular flexibility index (Phi) is 3.36. The van der Waals surface area contributed by atoms with Crippen LogP contribution in [0.25, 0.3) is 16.6 Å². The number of fused-ring (bicyclic) bond motifs is 1. The standard InChI is InChI=1S/C18H13N5O2/c19-6-14-7-21-23-11-13(5-17(25)18(14)23)15-8-20-22(10-15)9-12-1-3-16(24)4-2-12/h1-5,7-8,10-11,24-25H,9H2. The van der Waals surface area contributed by atoms with Gasteiger partial charge >= 0.3 is 0 Å². The summed E-state index contributed by atoms with van der Waals surface area (Å²) >= 11 is 0. The molecule has 0 amide bonds. The molecule has 0 unspecified atom stereocenters. The summed E-state index contributed by atoms with van der Waals surface area (Å²) in [5.41, 5.74) is 3.30. The molecule has 0 aliphatic carbocycles. The largest absolute Gasteiger partial charge is 0.508 e. The van der Waals surface area contributed by atoms with Crippen molar-refractivity contribution in [2.24, 2.45) is 0 Å². The number of pyridine rings is 1. The quantitative estimate of drug-likeness (QED) is 0.601. The van der Waals surface area contributed by atoms with Crippen LogP contribution in [0.1, 0.15) is 11.1 Å². The van der Waals surface area contributed by atoms with E-state index in [-0.39, 0.29) is 11.5 Å². The normalized spacial score (nSPS) is 10.8. The van der Waals surface area contributed by atoms with Crippen molar-refractivity contribution >= 4 is 5.52 Å². The number of hydrogen-bond donors (Lipinski definition) is 2. The third-order valence-corrected chi connectivity index (χ3v) is 3.96. The Morgan fingerprint density at radius 1 is 1.00 bits per heavy atom. The summed E-state index contributed by atoms with van der Waals surface area (Å²) in [6, 6.07) is 10.5. The molecule has 2 N–H and O–H groups in total. The Labute approximate surface area is 142 Å². The maximum atomic E-state index is 10.2. The highest BCUT2D eigenvalue weighted by molar-refractivity contribution is 5.74. The average Bonchev–Trinajstić information content (AvgIpc) is 3.23. The molecule has 0 spiro atoms. The van der Waals surface area contributed by atoms with Crippen LogP contribution in [0.15, 0.2) is 55.1 Å². The zero-order valence-corrected chi connectivity index (χ0v) is 13.0. The van der Waals surface area contributed by atoms with Gasteiger partial charge < -0.3 is 10.2 Å². The smallest absolute Gasteiger partial charge is 0.143 e. The molecule has 7 nitrogen and oxygen atoms in total. The minimum atomic E-state index is -0.00201. The summed E-state index contributed by atoms with van der Waals surface area (Å²) in [7, 11) is 0. The molecule has 4 aromatic rings. The van der Waals surface area contributed by atoms with Crippen LogP contribution in [0.5, 0.6) is 11.5 Å². The molecule has 0 radical (unpaired) electrons. The SMILES string of the molecule is N#Cc1cnn2cc(-c3cnn(Cc4ccc(O)cc4)c3)cc(O)c12. The van der Waals surface area contributed by atoms with Crippen molar-refractivity contribution in [1.29, 1.82) is 5.26 Å². The van der Waals surface area contributed by atoms with Gasteiger partial charge in [0.05, 0.1) is 18.9 Å². The number of rotatable bonds is 3. The van der Waals surface area contributed by atoms with Crippen molar-refractivity contribution in [2.75, 3.05) is 0 Å². The van der Waals surface area contributed by atoms with E-state index >= 15 is 0 Å². The van der Waals surface area contributed by atoms with Crippen LogP contribution in [0.4, 0.5) is 0 Å². The maximum absolute atomic E-state index is 10.2. The average molecular weight is 331 g/mol. The first-order chi connectivity index (χ1) is 12.1. The van der Waals surface area contributed by atoms with E-state index < -0.39 is 0 Å². The molecule has 0 saturated carbocycles. The van der Waals surface area contributed by atoms with E-state index in [1.807, 2.05) is 24.4 Å². The molecule has 0 saturated heterocycles. The van der Waals surface area contributed by atoms with Crippen LogP contribution in [-0.2, 0) is 6.54 Å². The zero-order valence-electron chi connectivity index (χ0n) is 13.0. The molecule has 1 aromatic carbocycles. The van der Waals surface area contributed by atoms with Gasteiger partial charge in [-0.15, -0.1) is 0 Å². The molecular formula is C18H13N5O2. The lowest BCUT2D eigenvalue weighted by molar-refractivity contribution is 0.475. The summed E-state index contributed by atoms with van der Waals surface area (Å²) in [4.78, 5) is 0. The molecule has 0 fully saturated rings. The van der Waals surface area contributed by atoms with Crippen LogP contribution < -0.4 is 0 Å². The van der Waals surface area contributed by atoms with Crippen molar-refractivity contribution < 1.29 is 10.2 Å². The minimum Gasteiger partial charge on any atom is -0.508 e. The second-order valence-corrected chi connectivity index (χ2v) is 5.67. The number of benzene rings is 1. The van der Waals surface area contributed by atoms with Crippen molar-refractivity contribution in [3.05, 3.63) is 66.2 Å². The number of aromatic hydroxyl groups is 2.